The second-order valence-electron chi connectivity index (χ2n) is 14.3. The van der Waals surface area contributed by atoms with Crippen molar-refractivity contribution in [2.45, 2.75) is 83.0 Å². The predicted molar refractivity (Wildman–Crippen MR) is 193 cm³/mol. The number of Topliss-reactive ketones (excluding diaryl/α,β-unsaturated/α-hetero) is 1. The van der Waals surface area contributed by atoms with Gasteiger partial charge in [-0.05, 0) is 61.1 Å². The number of amides is 4. The average molecular weight is 713 g/mol. The van der Waals surface area contributed by atoms with Gasteiger partial charge in [-0.3, -0.25) is 19.2 Å². The largest absolute Gasteiger partial charge is 0.453 e. The molecule has 3 N–H and O–H groups in total. The van der Waals surface area contributed by atoms with Crippen molar-refractivity contribution >= 4 is 29.6 Å². The number of ether oxygens (including phenoxy) is 2. The standard InChI is InChI=1S/C39H48N6O7/c1-24(2)34(43-38(50)51-4)37(49)44-19-5-6-31(44)35-40-22-30(42-35)28-11-7-26(8-12-28)27-9-13-29(14-10-27)33(47)23-41-36(48)32-15-16-39(45(32)25(3)46)17-20-52-21-18-39/h7-14,22,24,31-32,34H,5-6,15-21,23H2,1-4H3,(H,40,42)(H,41,48)(H,43,50). The Morgan fingerprint density at radius 3 is 2.25 bits per heavy atom. The summed E-state index contributed by atoms with van der Waals surface area (Å²) in [5.74, 6) is -0.201. The summed E-state index contributed by atoms with van der Waals surface area (Å²) in [7, 11) is 1.28. The second-order valence-corrected chi connectivity index (χ2v) is 14.3. The number of rotatable bonds is 10. The number of nitrogens with zero attached hydrogens (tertiary/aromatic N) is 3. The minimum absolute atomic E-state index is 0.114. The number of methoxy groups -OCH3 is 1. The number of alkyl carbamates (subject to hydrolysis) is 1. The van der Waals surface area contributed by atoms with Crippen LogP contribution in [0.25, 0.3) is 22.4 Å². The number of aromatic nitrogens is 2. The van der Waals surface area contributed by atoms with Crippen LogP contribution < -0.4 is 10.6 Å². The van der Waals surface area contributed by atoms with Gasteiger partial charge in [-0.15, -0.1) is 0 Å². The third-order valence-corrected chi connectivity index (χ3v) is 10.8. The van der Waals surface area contributed by atoms with Crippen LogP contribution in [0.15, 0.2) is 54.7 Å². The fraction of sp³-hybridized carbons (Fsp3) is 0.487. The van der Waals surface area contributed by atoms with Gasteiger partial charge in [-0.1, -0.05) is 62.4 Å². The smallest absolute Gasteiger partial charge is 0.407 e. The van der Waals surface area contributed by atoms with E-state index in [1.54, 1.807) is 28.1 Å². The summed E-state index contributed by atoms with van der Waals surface area (Å²) in [6.07, 6.45) is 5.50. The van der Waals surface area contributed by atoms with Gasteiger partial charge in [0.2, 0.25) is 17.7 Å². The Bertz CT molecular complexity index is 1780. The first kappa shape index (κ1) is 36.7. The third kappa shape index (κ3) is 7.59. The van der Waals surface area contributed by atoms with Crippen molar-refractivity contribution in [2.24, 2.45) is 5.92 Å². The number of likely N-dealkylation sites (tertiary alicyclic amines) is 2. The fourth-order valence-corrected chi connectivity index (χ4v) is 7.95. The summed E-state index contributed by atoms with van der Waals surface area (Å²) in [6.45, 7) is 6.86. The first-order valence-corrected chi connectivity index (χ1v) is 18.1. The highest BCUT2D eigenvalue weighted by atomic mass is 16.5. The van der Waals surface area contributed by atoms with Crippen molar-refractivity contribution in [1.29, 1.82) is 0 Å². The van der Waals surface area contributed by atoms with E-state index in [1.807, 2.05) is 50.2 Å². The van der Waals surface area contributed by atoms with E-state index in [-0.39, 0.29) is 47.5 Å². The summed E-state index contributed by atoms with van der Waals surface area (Å²) in [5, 5.41) is 5.46. The summed E-state index contributed by atoms with van der Waals surface area (Å²) in [6, 6.07) is 13.8. The minimum atomic E-state index is -0.699. The molecule has 3 aliphatic rings. The lowest BCUT2D eigenvalue weighted by Gasteiger charge is -2.42. The number of H-pyrrole nitrogens is 1. The zero-order valence-electron chi connectivity index (χ0n) is 30.3. The van der Waals surface area contributed by atoms with Crippen molar-refractivity contribution < 1.29 is 33.4 Å². The molecule has 3 atom stereocenters. The molecular weight excluding hydrogens is 664 g/mol. The maximum Gasteiger partial charge on any atom is 0.407 e. The van der Waals surface area contributed by atoms with Crippen LogP contribution in [0.4, 0.5) is 4.79 Å². The normalized spacial score (nSPS) is 20.2. The molecule has 13 heteroatoms. The molecule has 3 unspecified atom stereocenters. The minimum Gasteiger partial charge on any atom is -0.453 e. The van der Waals surface area contributed by atoms with Gasteiger partial charge in [0, 0.05) is 37.8 Å². The Balaban J connectivity index is 1.05. The molecule has 1 aromatic heterocycles. The summed E-state index contributed by atoms with van der Waals surface area (Å²) in [4.78, 5) is 75.7. The molecule has 276 valence electrons. The predicted octanol–water partition coefficient (Wildman–Crippen LogP) is 4.65. The Morgan fingerprint density at radius 2 is 1.62 bits per heavy atom. The molecule has 3 aliphatic heterocycles. The maximum atomic E-state index is 13.5. The summed E-state index contributed by atoms with van der Waals surface area (Å²) < 4.78 is 10.2. The number of hydrogen-bond donors (Lipinski definition) is 3. The van der Waals surface area contributed by atoms with Gasteiger partial charge in [0.15, 0.2) is 5.78 Å². The average Bonchev–Trinajstić information content (AvgIpc) is 3.92. The van der Waals surface area contributed by atoms with Gasteiger partial charge in [-0.2, -0.15) is 0 Å². The van der Waals surface area contributed by atoms with Crippen LogP contribution >= 0.6 is 0 Å². The van der Waals surface area contributed by atoms with Gasteiger partial charge < -0.3 is 34.9 Å². The van der Waals surface area contributed by atoms with Gasteiger partial charge in [-0.25, -0.2) is 9.78 Å². The fourth-order valence-electron chi connectivity index (χ4n) is 7.95. The molecule has 0 saturated carbocycles. The van der Waals surface area contributed by atoms with Crippen LogP contribution in [0.2, 0.25) is 0 Å². The summed E-state index contributed by atoms with van der Waals surface area (Å²) >= 11 is 0. The highest BCUT2D eigenvalue weighted by Crippen LogP contribution is 2.41. The van der Waals surface area contributed by atoms with E-state index in [9.17, 15) is 24.0 Å². The van der Waals surface area contributed by atoms with Crippen molar-refractivity contribution in [3.8, 4) is 22.4 Å². The first-order chi connectivity index (χ1) is 25.0. The van der Waals surface area contributed by atoms with Crippen LogP contribution in [0.1, 0.15) is 81.5 Å². The number of carbonyl (C=O) groups excluding carboxylic acids is 5. The molecule has 0 bridgehead atoms. The third-order valence-electron chi connectivity index (χ3n) is 10.8. The van der Waals surface area contributed by atoms with Gasteiger partial charge in [0.05, 0.1) is 31.6 Å². The van der Waals surface area contributed by atoms with E-state index in [1.165, 1.54) is 14.0 Å². The van der Waals surface area contributed by atoms with Crippen LogP contribution in [0.3, 0.4) is 0 Å². The maximum absolute atomic E-state index is 13.5. The number of hydrogen-bond acceptors (Lipinski definition) is 8. The van der Waals surface area contributed by atoms with Crippen molar-refractivity contribution in [1.82, 2.24) is 30.4 Å². The van der Waals surface area contributed by atoms with Crippen LogP contribution in [-0.4, -0.2) is 100 Å². The molecule has 3 fully saturated rings. The molecule has 6 rings (SSSR count). The Morgan fingerprint density at radius 1 is 0.962 bits per heavy atom. The van der Waals surface area contributed by atoms with Crippen LogP contribution in [0, 0.1) is 5.92 Å². The van der Waals surface area contributed by atoms with E-state index >= 15 is 0 Å². The molecule has 3 saturated heterocycles. The van der Waals surface area contributed by atoms with E-state index in [0.29, 0.717) is 37.6 Å². The monoisotopic (exact) mass is 712 g/mol. The van der Waals surface area contributed by atoms with Crippen molar-refractivity contribution in [3.63, 3.8) is 0 Å². The molecule has 0 radical (unpaired) electrons. The first-order valence-electron chi connectivity index (χ1n) is 18.1. The topological polar surface area (TPSA) is 163 Å². The molecule has 0 aliphatic carbocycles. The molecule has 4 heterocycles. The number of carbonyl (C=O) groups is 5. The zero-order chi connectivity index (χ0) is 37.0. The molecule has 3 aromatic rings. The lowest BCUT2D eigenvalue weighted by molar-refractivity contribution is -0.145. The highest BCUT2D eigenvalue weighted by Gasteiger charge is 2.50. The molecule has 4 amide bonds. The van der Waals surface area contributed by atoms with E-state index < -0.39 is 18.2 Å². The van der Waals surface area contributed by atoms with Gasteiger partial charge in [0.1, 0.15) is 17.9 Å². The second kappa shape index (κ2) is 15.7. The van der Waals surface area contributed by atoms with Crippen molar-refractivity contribution in [2.75, 3.05) is 33.4 Å². The van der Waals surface area contributed by atoms with Crippen molar-refractivity contribution in [3.05, 3.63) is 66.1 Å². The summed E-state index contributed by atoms with van der Waals surface area (Å²) in [5.41, 5.74) is 3.80. The van der Waals surface area contributed by atoms with Crippen LogP contribution in [-0.2, 0) is 23.9 Å². The lowest BCUT2D eigenvalue weighted by atomic mass is 9.87. The molecule has 1 spiro atoms. The number of imidazole rings is 1. The quantitative estimate of drug-likeness (QED) is 0.256. The Hall–Kier alpha value is -5.04. The van der Waals surface area contributed by atoms with Gasteiger partial charge in [0.25, 0.3) is 0 Å². The van der Waals surface area contributed by atoms with E-state index in [2.05, 4.69) is 20.6 Å². The van der Waals surface area contributed by atoms with Gasteiger partial charge >= 0.3 is 6.09 Å². The Kier molecular flexibility index (Phi) is 11.1. The molecule has 13 nitrogen and oxygen atoms in total. The van der Waals surface area contributed by atoms with Crippen LogP contribution in [0.5, 0.6) is 0 Å². The number of nitrogens with one attached hydrogen (secondary N) is 3. The molecule has 2 aromatic carbocycles. The Labute approximate surface area is 303 Å². The van der Waals surface area contributed by atoms with E-state index in [0.717, 1.165) is 54.5 Å². The highest BCUT2D eigenvalue weighted by molar-refractivity contribution is 6.00. The SMILES string of the molecule is COC(=O)NC(C(=O)N1CCCC1c1ncc(-c2ccc(-c3ccc(C(=O)CNC(=O)C4CCC5(CCOCC5)N4C(C)=O)cc3)cc2)[nH]1)C(C)C. The number of aromatic amines is 1. The zero-order valence-corrected chi connectivity index (χ0v) is 30.3. The van der Waals surface area contributed by atoms with E-state index in [4.69, 9.17) is 9.47 Å². The lowest BCUT2D eigenvalue weighted by Crippen LogP contribution is -2.56. The molecular formula is C39H48N6O7. The molecule has 52 heavy (non-hydrogen) atoms. The number of ketones is 1. The number of benzene rings is 2.